The smallest absolute Gasteiger partial charge is 0.215 e. The van der Waals surface area contributed by atoms with Crippen LogP contribution in [0.3, 0.4) is 0 Å². The average molecular weight is 322 g/mol. The van der Waals surface area contributed by atoms with E-state index in [1.165, 1.54) is 0 Å². The molecule has 6 heteroatoms. The van der Waals surface area contributed by atoms with E-state index in [0.29, 0.717) is 23.2 Å². The van der Waals surface area contributed by atoms with Gasteiger partial charge in [-0.1, -0.05) is 11.6 Å². The van der Waals surface area contributed by atoms with Gasteiger partial charge in [0.25, 0.3) is 0 Å². The van der Waals surface area contributed by atoms with Crippen LogP contribution in [0.1, 0.15) is 5.82 Å². The van der Waals surface area contributed by atoms with Crippen molar-refractivity contribution in [2.75, 3.05) is 13.0 Å². The van der Waals surface area contributed by atoms with Gasteiger partial charge in [0.2, 0.25) is 5.88 Å². The number of hydrogen-bond donors (Lipinski definition) is 0. The van der Waals surface area contributed by atoms with Gasteiger partial charge in [-0.25, -0.2) is 4.98 Å². The zero-order valence-electron chi connectivity index (χ0n) is 11.4. The van der Waals surface area contributed by atoms with Crippen LogP contribution in [0.5, 0.6) is 5.88 Å². The highest BCUT2D eigenvalue weighted by atomic mass is 35.5. The van der Waals surface area contributed by atoms with Gasteiger partial charge in [0.1, 0.15) is 11.3 Å². The van der Waals surface area contributed by atoms with Gasteiger partial charge in [0, 0.05) is 29.1 Å². The molecule has 2 heterocycles. The molecule has 21 heavy (non-hydrogen) atoms. The lowest BCUT2D eigenvalue weighted by molar-refractivity contribution is 0.399. The van der Waals surface area contributed by atoms with E-state index >= 15 is 0 Å². The molecular formula is C15H13Cl2N3O. The third-order valence-corrected chi connectivity index (χ3v) is 3.60. The zero-order chi connectivity index (χ0) is 14.8. The SMILES string of the molecule is COc1ccc2nc(CCCl)n(-c3ccc(Cl)cc3)c2n1. The minimum Gasteiger partial charge on any atom is -0.481 e. The van der Waals surface area contributed by atoms with Crippen molar-refractivity contribution in [1.82, 2.24) is 14.5 Å². The summed E-state index contributed by atoms with van der Waals surface area (Å²) < 4.78 is 7.18. The van der Waals surface area contributed by atoms with E-state index in [9.17, 15) is 0 Å². The standard InChI is InChI=1S/C15H13Cl2N3O/c1-21-14-7-6-12-15(19-14)20(13(18-12)8-9-16)11-4-2-10(17)3-5-11/h2-7H,8-9H2,1H3. The number of hydrogen-bond acceptors (Lipinski definition) is 3. The van der Waals surface area contributed by atoms with Crippen molar-refractivity contribution in [3.05, 3.63) is 47.2 Å². The first-order valence-corrected chi connectivity index (χ1v) is 7.38. The van der Waals surface area contributed by atoms with Gasteiger partial charge >= 0.3 is 0 Å². The molecular weight excluding hydrogens is 309 g/mol. The summed E-state index contributed by atoms with van der Waals surface area (Å²) in [6.07, 6.45) is 0.656. The number of halogens is 2. The lowest BCUT2D eigenvalue weighted by Gasteiger charge is -2.08. The van der Waals surface area contributed by atoms with E-state index in [2.05, 4.69) is 9.97 Å². The topological polar surface area (TPSA) is 39.9 Å². The highest BCUT2D eigenvalue weighted by molar-refractivity contribution is 6.30. The fourth-order valence-electron chi connectivity index (χ4n) is 2.21. The summed E-state index contributed by atoms with van der Waals surface area (Å²) in [6, 6.07) is 11.2. The molecule has 0 saturated carbocycles. The second-order valence-corrected chi connectivity index (χ2v) is 5.29. The maximum atomic E-state index is 5.96. The Morgan fingerprint density at radius 1 is 1.10 bits per heavy atom. The lowest BCUT2D eigenvalue weighted by Crippen LogP contribution is -2.03. The highest BCUT2D eigenvalue weighted by Gasteiger charge is 2.14. The molecule has 3 aromatic rings. The molecule has 0 bridgehead atoms. The molecule has 0 aliphatic carbocycles. The van der Waals surface area contributed by atoms with Crippen molar-refractivity contribution in [3.63, 3.8) is 0 Å². The number of alkyl halides is 1. The quantitative estimate of drug-likeness (QED) is 0.685. The van der Waals surface area contributed by atoms with Crippen molar-refractivity contribution in [2.24, 2.45) is 0 Å². The molecule has 0 aliphatic heterocycles. The molecule has 0 radical (unpaired) electrons. The first-order valence-electron chi connectivity index (χ1n) is 6.47. The van der Waals surface area contributed by atoms with Crippen LogP contribution in [-0.2, 0) is 6.42 Å². The van der Waals surface area contributed by atoms with Crippen molar-refractivity contribution in [3.8, 4) is 11.6 Å². The number of aromatic nitrogens is 3. The fraction of sp³-hybridized carbons (Fsp3) is 0.200. The molecule has 0 atom stereocenters. The minimum absolute atomic E-state index is 0.494. The molecule has 3 rings (SSSR count). The first-order chi connectivity index (χ1) is 10.2. The van der Waals surface area contributed by atoms with Crippen LogP contribution in [0.2, 0.25) is 5.02 Å². The van der Waals surface area contributed by atoms with Crippen molar-refractivity contribution < 1.29 is 4.74 Å². The Hall–Kier alpha value is -1.78. The first kappa shape index (κ1) is 14.2. The van der Waals surface area contributed by atoms with E-state index in [1.54, 1.807) is 13.2 Å². The molecule has 0 spiro atoms. The number of rotatable bonds is 4. The molecule has 4 nitrogen and oxygen atoms in total. The molecule has 0 N–H and O–H groups in total. The van der Waals surface area contributed by atoms with Crippen molar-refractivity contribution >= 4 is 34.4 Å². The van der Waals surface area contributed by atoms with Crippen LogP contribution < -0.4 is 4.74 Å². The Labute approximate surface area is 132 Å². The minimum atomic E-state index is 0.494. The number of fused-ring (bicyclic) bond motifs is 1. The number of pyridine rings is 1. The summed E-state index contributed by atoms with van der Waals surface area (Å²) in [5.41, 5.74) is 2.51. The van der Waals surface area contributed by atoms with Gasteiger partial charge in [-0.3, -0.25) is 4.57 Å². The van der Waals surface area contributed by atoms with Gasteiger partial charge in [-0.05, 0) is 30.3 Å². The maximum Gasteiger partial charge on any atom is 0.215 e. The summed E-state index contributed by atoms with van der Waals surface area (Å²) in [5, 5.41) is 0.688. The van der Waals surface area contributed by atoms with E-state index in [-0.39, 0.29) is 0 Å². The summed E-state index contributed by atoms with van der Waals surface area (Å²) >= 11 is 11.8. The van der Waals surface area contributed by atoms with E-state index in [1.807, 2.05) is 34.9 Å². The van der Waals surface area contributed by atoms with Gasteiger partial charge in [-0.2, -0.15) is 4.98 Å². The van der Waals surface area contributed by atoms with Crippen molar-refractivity contribution in [2.45, 2.75) is 6.42 Å². The summed E-state index contributed by atoms with van der Waals surface area (Å²) in [7, 11) is 1.59. The normalized spacial score (nSPS) is 11.0. The summed E-state index contributed by atoms with van der Waals surface area (Å²) in [6.45, 7) is 0. The Kier molecular flexibility index (Phi) is 3.99. The molecule has 0 fully saturated rings. The van der Waals surface area contributed by atoms with Crippen LogP contribution in [-0.4, -0.2) is 27.5 Å². The molecule has 0 unspecified atom stereocenters. The highest BCUT2D eigenvalue weighted by Crippen LogP contribution is 2.24. The van der Waals surface area contributed by atoms with Crippen molar-refractivity contribution in [1.29, 1.82) is 0 Å². The molecule has 2 aromatic heterocycles. The molecule has 0 amide bonds. The molecule has 0 aliphatic rings. The Morgan fingerprint density at radius 3 is 2.52 bits per heavy atom. The van der Waals surface area contributed by atoms with Gasteiger partial charge < -0.3 is 4.74 Å². The average Bonchev–Trinajstić information content (AvgIpc) is 2.85. The molecule has 108 valence electrons. The number of methoxy groups -OCH3 is 1. The molecule has 0 saturated heterocycles. The number of benzene rings is 1. The number of imidazole rings is 1. The van der Waals surface area contributed by atoms with E-state index in [0.717, 1.165) is 22.7 Å². The van der Waals surface area contributed by atoms with E-state index in [4.69, 9.17) is 27.9 Å². The van der Waals surface area contributed by atoms with Crippen LogP contribution in [0.25, 0.3) is 16.9 Å². The van der Waals surface area contributed by atoms with Crippen LogP contribution in [0.15, 0.2) is 36.4 Å². The number of nitrogens with zero attached hydrogens (tertiary/aromatic N) is 3. The largest absolute Gasteiger partial charge is 0.481 e. The van der Waals surface area contributed by atoms with Crippen LogP contribution in [0.4, 0.5) is 0 Å². The lowest BCUT2D eigenvalue weighted by atomic mass is 10.3. The Balaban J connectivity index is 2.25. The zero-order valence-corrected chi connectivity index (χ0v) is 12.9. The second kappa shape index (κ2) is 5.92. The Morgan fingerprint density at radius 2 is 1.86 bits per heavy atom. The van der Waals surface area contributed by atoms with Gasteiger partial charge in [0.15, 0.2) is 5.65 Å². The summed E-state index contributed by atoms with van der Waals surface area (Å²) in [5.74, 6) is 1.91. The monoisotopic (exact) mass is 321 g/mol. The summed E-state index contributed by atoms with van der Waals surface area (Å²) in [4.78, 5) is 9.10. The van der Waals surface area contributed by atoms with E-state index < -0.39 is 0 Å². The van der Waals surface area contributed by atoms with Gasteiger partial charge in [-0.15, -0.1) is 11.6 Å². The van der Waals surface area contributed by atoms with Gasteiger partial charge in [0.05, 0.1) is 7.11 Å². The number of ether oxygens (including phenoxy) is 1. The maximum absolute atomic E-state index is 5.96. The van der Waals surface area contributed by atoms with Crippen LogP contribution in [0, 0.1) is 0 Å². The molecule has 1 aromatic carbocycles. The third-order valence-electron chi connectivity index (χ3n) is 3.16. The third kappa shape index (κ3) is 2.69. The van der Waals surface area contributed by atoms with Crippen LogP contribution >= 0.6 is 23.2 Å². The fourth-order valence-corrected chi connectivity index (χ4v) is 2.51. The predicted molar refractivity (Wildman–Crippen MR) is 84.9 cm³/mol. The predicted octanol–water partition coefficient (Wildman–Crippen LogP) is 3.86. The number of aryl methyl sites for hydroxylation is 1. The Bertz CT molecular complexity index is 768. The second-order valence-electron chi connectivity index (χ2n) is 4.48.